The SMILES string of the molecule is CC(C(=O)Nc1ccc(S(=O)(=O)N2CCCC2)cc1)N1CCC(CCc2ccc(O)cc2)CC1. The van der Waals surface area contributed by atoms with Crippen LogP contribution in [0.25, 0.3) is 0 Å². The van der Waals surface area contributed by atoms with E-state index in [4.69, 9.17) is 0 Å². The number of anilines is 1. The summed E-state index contributed by atoms with van der Waals surface area (Å²) >= 11 is 0. The van der Waals surface area contributed by atoms with Crippen LogP contribution in [0.3, 0.4) is 0 Å². The average Bonchev–Trinajstić information content (AvgIpc) is 3.40. The standard InChI is InChI=1S/C26H35N3O4S/c1-20(28-18-14-22(15-19-28)5-4-21-6-10-24(30)11-7-21)26(31)27-23-8-12-25(13-9-23)34(32,33)29-16-2-3-17-29/h6-13,20,22,30H,2-5,14-19H2,1H3,(H,27,31). The molecule has 0 saturated carbocycles. The van der Waals surface area contributed by atoms with E-state index in [1.54, 1.807) is 36.4 Å². The zero-order chi connectivity index (χ0) is 24.1. The van der Waals surface area contributed by atoms with Crippen molar-refractivity contribution in [3.63, 3.8) is 0 Å². The van der Waals surface area contributed by atoms with Crippen LogP contribution in [0, 0.1) is 5.92 Å². The fourth-order valence-electron chi connectivity index (χ4n) is 4.86. The number of phenols is 1. The fourth-order valence-corrected chi connectivity index (χ4v) is 6.38. The van der Waals surface area contributed by atoms with Crippen LogP contribution in [0.15, 0.2) is 53.4 Å². The lowest BCUT2D eigenvalue weighted by Gasteiger charge is -2.35. The van der Waals surface area contributed by atoms with Gasteiger partial charge in [-0.1, -0.05) is 12.1 Å². The first-order chi connectivity index (χ1) is 16.3. The second-order valence-electron chi connectivity index (χ2n) is 9.49. The number of carbonyl (C=O) groups is 1. The Morgan fingerprint density at radius 2 is 1.62 bits per heavy atom. The van der Waals surface area contributed by atoms with Crippen molar-refractivity contribution in [2.24, 2.45) is 5.92 Å². The van der Waals surface area contributed by atoms with Gasteiger partial charge < -0.3 is 10.4 Å². The van der Waals surface area contributed by atoms with Gasteiger partial charge in [0.25, 0.3) is 0 Å². The molecule has 0 bridgehead atoms. The average molecular weight is 486 g/mol. The first-order valence-electron chi connectivity index (χ1n) is 12.3. The number of hydrogen-bond donors (Lipinski definition) is 2. The Bertz CT molecular complexity index is 1060. The van der Waals surface area contributed by atoms with Crippen molar-refractivity contribution < 1.29 is 18.3 Å². The predicted octanol–water partition coefficient (Wildman–Crippen LogP) is 3.85. The number of hydrogen-bond acceptors (Lipinski definition) is 5. The van der Waals surface area contributed by atoms with Gasteiger partial charge in [-0.25, -0.2) is 8.42 Å². The van der Waals surface area contributed by atoms with Gasteiger partial charge in [-0.3, -0.25) is 9.69 Å². The number of aromatic hydroxyl groups is 1. The number of piperidine rings is 1. The number of nitrogens with zero attached hydrogens (tertiary/aromatic N) is 2. The van der Waals surface area contributed by atoms with E-state index in [1.807, 2.05) is 19.1 Å². The summed E-state index contributed by atoms with van der Waals surface area (Å²) in [5.41, 5.74) is 1.85. The Morgan fingerprint density at radius 3 is 2.24 bits per heavy atom. The summed E-state index contributed by atoms with van der Waals surface area (Å²) < 4.78 is 26.9. The summed E-state index contributed by atoms with van der Waals surface area (Å²) in [5, 5.41) is 12.4. The molecule has 184 valence electrons. The van der Waals surface area contributed by atoms with Gasteiger partial charge in [-0.05, 0) is 106 Å². The Balaban J connectivity index is 1.24. The van der Waals surface area contributed by atoms with Crippen molar-refractivity contribution in [1.29, 1.82) is 0 Å². The molecular weight excluding hydrogens is 450 g/mol. The molecule has 0 aliphatic carbocycles. The van der Waals surface area contributed by atoms with Crippen LogP contribution in [0.4, 0.5) is 5.69 Å². The Morgan fingerprint density at radius 1 is 1.00 bits per heavy atom. The van der Waals surface area contributed by atoms with Crippen LogP contribution in [0.1, 0.15) is 44.6 Å². The number of nitrogens with one attached hydrogen (secondary N) is 1. The molecule has 2 aliphatic rings. The van der Waals surface area contributed by atoms with Crippen LogP contribution in [-0.4, -0.2) is 60.9 Å². The van der Waals surface area contributed by atoms with E-state index in [0.29, 0.717) is 30.4 Å². The van der Waals surface area contributed by atoms with E-state index in [0.717, 1.165) is 51.6 Å². The van der Waals surface area contributed by atoms with E-state index in [9.17, 15) is 18.3 Å². The maximum Gasteiger partial charge on any atom is 0.243 e. The van der Waals surface area contributed by atoms with Gasteiger partial charge in [-0.2, -0.15) is 4.31 Å². The van der Waals surface area contributed by atoms with Gasteiger partial charge >= 0.3 is 0 Å². The Kier molecular flexibility index (Phi) is 7.91. The third kappa shape index (κ3) is 5.98. The number of aryl methyl sites for hydroxylation is 1. The number of rotatable bonds is 8. The number of carbonyl (C=O) groups excluding carboxylic acids is 1. The highest BCUT2D eigenvalue weighted by molar-refractivity contribution is 7.89. The van der Waals surface area contributed by atoms with Crippen LogP contribution in [0.5, 0.6) is 5.75 Å². The lowest BCUT2D eigenvalue weighted by atomic mass is 9.90. The van der Waals surface area contributed by atoms with Gasteiger partial charge in [0, 0.05) is 18.8 Å². The molecule has 2 saturated heterocycles. The first-order valence-corrected chi connectivity index (χ1v) is 13.7. The summed E-state index contributed by atoms with van der Waals surface area (Å²) in [5.74, 6) is 0.871. The molecule has 1 amide bonds. The minimum atomic E-state index is -3.45. The molecule has 2 fully saturated rings. The van der Waals surface area contributed by atoms with Gasteiger partial charge in [0.05, 0.1) is 10.9 Å². The summed E-state index contributed by atoms with van der Waals surface area (Å²) in [4.78, 5) is 15.3. The topological polar surface area (TPSA) is 90.0 Å². The van der Waals surface area contributed by atoms with Crippen LogP contribution in [0.2, 0.25) is 0 Å². The van der Waals surface area contributed by atoms with Crippen LogP contribution in [-0.2, 0) is 21.2 Å². The minimum absolute atomic E-state index is 0.0716. The van der Waals surface area contributed by atoms with Crippen molar-refractivity contribution in [2.45, 2.75) is 56.4 Å². The second-order valence-corrected chi connectivity index (χ2v) is 11.4. The summed E-state index contributed by atoms with van der Waals surface area (Å²) in [6.07, 6.45) is 6.07. The fraction of sp³-hybridized carbons (Fsp3) is 0.500. The van der Waals surface area contributed by atoms with Crippen molar-refractivity contribution in [3.8, 4) is 5.75 Å². The maximum atomic E-state index is 12.8. The van der Waals surface area contributed by atoms with Crippen LogP contribution >= 0.6 is 0 Å². The zero-order valence-electron chi connectivity index (χ0n) is 19.8. The maximum absolute atomic E-state index is 12.8. The molecule has 2 N–H and O–H groups in total. The largest absolute Gasteiger partial charge is 0.508 e. The predicted molar refractivity (Wildman–Crippen MR) is 133 cm³/mol. The molecule has 1 atom stereocenters. The number of amides is 1. The molecular formula is C26H35N3O4S. The van der Waals surface area contributed by atoms with Gasteiger partial charge in [-0.15, -0.1) is 0 Å². The number of sulfonamides is 1. The zero-order valence-corrected chi connectivity index (χ0v) is 20.6. The first kappa shape index (κ1) is 24.7. The van der Waals surface area contributed by atoms with E-state index in [1.165, 1.54) is 9.87 Å². The smallest absolute Gasteiger partial charge is 0.243 e. The summed E-state index contributed by atoms with van der Waals surface area (Å²) in [6, 6.07) is 13.7. The second kappa shape index (κ2) is 10.9. The molecule has 1 unspecified atom stereocenters. The number of benzene rings is 2. The van der Waals surface area contributed by atoms with Crippen molar-refractivity contribution >= 4 is 21.6 Å². The van der Waals surface area contributed by atoms with Crippen molar-refractivity contribution in [3.05, 3.63) is 54.1 Å². The molecule has 0 radical (unpaired) electrons. The molecule has 7 nitrogen and oxygen atoms in total. The molecule has 2 heterocycles. The van der Waals surface area contributed by atoms with Crippen LogP contribution < -0.4 is 5.32 Å². The van der Waals surface area contributed by atoms with E-state index in [2.05, 4.69) is 10.2 Å². The lowest BCUT2D eigenvalue weighted by Crippen LogP contribution is -2.46. The quantitative estimate of drug-likeness (QED) is 0.593. The molecule has 2 aromatic carbocycles. The molecule has 0 spiro atoms. The van der Waals surface area contributed by atoms with Crippen molar-refractivity contribution in [1.82, 2.24) is 9.21 Å². The summed E-state index contributed by atoms with van der Waals surface area (Å²) in [7, 11) is -3.45. The van der Waals surface area contributed by atoms with E-state index < -0.39 is 10.0 Å². The van der Waals surface area contributed by atoms with Gasteiger partial charge in [0.1, 0.15) is 5.75 Å². The molecule has 4 rings (SSSR count). The number of phenolic OH excluding ortho intramolecular Hbond substituents is 1. The molecule has 0 aromatic heterocycles. The summed E-state index contributed by atoms with van der Waals surface area (Å²) in [6.45, 7) is 4.86. The highest BCUT2D eigenvalue weighted by Gasteiger charge is 2.28. The van der Waals surface area contributed by atoms with Crippen molar-refractivity contribution in [2.75, 3.05) is 31.5 Å². The van der Waals surface area contributed by atoms with E-state index >= 15 is 0 Å². The van der Waals surface area contributed by atoms with Gasteiger partial charge in [0.15, 0.2) is 0 Å². The number of likely N-dealkylation sites (tertiary alicyclic amines) is 1. The molecule has 2 aliphatic heterocycles. The highest BCUT2D eigenvalue weighted by atomic mass is 32.2. The lowest BCUT2D eigenvalue weighted by molar-refractivity contribution is -0.121. The normalized spacial score (nSPS) is 19.2. The molecule has 34 heavy (non-hydrogen) atoms. The minimum Gasteiger partial charge on any atom is -0.508 e. The van der Waals surface area contributed by atoms with Gasteiger partial charge in [0.2, 0.25) is 15.9 Å². The molecule has 8 heteroatoms. The van der Waals surface area contributed by atoms with E-state index in [-0.39, 0.29) is 16.8 Å². The molecule has 2 aromatic rings. The third-order valence-electron chi connectivity index (χ3n) is 7.18. The Labute approximate surface area is 202 Å². The Hall–Kier alpha value is -2.42. The third-order valence-corrected chi connectivity index (χ3v) is 9.09. The monoisotopic (exact) mass is 485 g/mol. The highest BCUT2D eigenvalue weighted by Crippen LogP contribution is 2.25.